The number of rotatable bonds is 5. The van der Waals surface area contributed by atoms with E-state index in [0.29, 0.717) is 22.9 Å². The highest BCUT2D eigenvalue weighted by Crippen LogP contribution is 2.26. The third kappa shape index (κ3) is 3.61. The van der Waals surface area contributed by atoms with E-state index in [1.54, 1.807) is 46.4 Å². The molecule has 0 aliphatic heterocycles. The fraction of sp³-hybridized carbons (Fsp3) is 0.125. The predicted molar refractivity (Wildman–Crippen MR) is 92.0 cm³/mol. The molecular formula is C16H14ClN3O2S. The van der Waals surface area contributed by atoms with E-state index in [0.717, 1.165) is 10.6 Å². The van der Waals surface area contributed by atoms with E-state index in [1.807, 2.05) is 17.5 Å². The van der Waals surface area contributed by atoms with Crippen molar-refractivity contribution < 1.29 is 9.90 Å². The second kappa shape index (κ2) is 6.95. The maximum Gasteiger partial charge on any atom is 0.256 e. The Kier molecular flexibility index (Phi) is 4.76. The average Bonchev–Trinajstić information content (AvgIpc) is 3.18. The zero-order chi connectivity index (χ0) is 16.2. The molecule has 0 saturated heterocycles. The van der Waals surface area contributed by atoms with Crippen molar-refractivity contribution in [1.82, 2.24) is 9.78 Å². The molecule has 0 atom stereocenters. The summed E-state index contributed by atoms with van der Waals surface area (Å²) in [7, 11) is 0. The van der Waals surface area contributed by atoms with Crippen LogP contribution < -0.4 is 5.32 Å². The molecule has 118 valence electrons. The summed E-state index contributed by atoms with van der Waals surface area (Å²) in [6, 6.07) is 12.4. The van der Waals surface area contributed by atoms with Crippen LogP contribution in [0.1, 0.15) is 10.4 Å². The van der Waals surface area contributed by atoms with E-state index in [-0.39, 0.29) is 12.5 Å². The molecule has 23 heavy (non-hydrogen) atoms. The minimum Gasteiger partial charge on any atom is -0.394 e. The molecule has 2 N–H and O–H groups in total. The largest absolute Gasteiger partial charge is 0.394 e. The van der Waals surface area contributed by atoms with Crippen molar-refractivity contribution in [2.45, 2.75) is 6.54 Å². The number of amides is 1. The van der Waals surface area contributed by atoms with Gasteiger partial charge < -0.3 is 10.4 Å². The highest BCUT2D eigenvalue weighted by Gasteiger charge is 2.14. The lowest BCUT2D eigenvalue weighted by Crippen LogP contribution is -2.16. The van der Waals surface area contributed by atoms with Crippen LogP contribution in [0.2, 0.25) is 5.02 Å². The summed E-state index contributed by atoms with van der Waals surface area (Å²) in [5.74, 6) is 0.261. The first-order chi connectivity index (χ1) is 11.2. The van der Waals surface area contributed by atoms with Gasteiger partial charge in [0.2, 0.25) is 0 Å². The SMILES string of the molecule is O=C(Nc1cc(-c2cccs2)nn1CCO)c1cccc(Cl)c1. The van der Waals surface area contributed by atoms with Crippen LogP contribution in [-0.2, 0) is 6.54 Å². The second-order valence-corrected chi connectivity index (χ2v) is 6.19. The van der Waals surface area contributed by atoms with Gasteiger partial charge in [0.25, 0.3) is 5.91 Å². The van der Waals surface area contributed by atoms with E-state index in [1.165, 1.54) is 0 Å². The normalized spacial score (nSPS) is 10.7. The molecule has 2 aromatic heterocycles. The first-order valence-corrected chi connectivity index (χ1v) is 8.22. The topological polar surface area (TPSA) is 67.2 Å². The van der Waals surface area contributed by atoms with Crippen molar-refractivity contribution in [3.8, 4) is 10.6 Å². The number of nitrogens with zero attached hydrogens (tertiary/aromatic N) is 2. The minimum atomic E-state index is -0.274. The van der Waals surface area contributed by atoms with Crippen LogP contribution in [0.25, 0.3) is 10.6 Å². The Hall–Kier alpha value is -2.15. The number of aliphatic hydroxyl groups is 1. The lowest BCUT2D eigenvalue weighted by atomic mass is 10.2. The number of carbonyl (C=O) groups excluding carboxylic acids is 1. The standard InChI is InChI=1S/C16H14ClN3O2S/c17-12-4-1-3-11(9-12)16(22)18-15-10-13(14-5-2-8-23-14)19-20(15)6-7-21/h1-5,8-10,21H,6-7H2,(H,18,22). The molecule has 0 unspecified atom stereocenters. The Morgan fingerprint density at radius 3 is 2.87 bits per heavy atom. The number of aliphatic hydroxyl groups excluding tert-OH is 1. The Morgan fingerprint density at radius 1 is 1.30 bits per heavy atom. The lowest BCUT2D eigenvalue weighted by molar-refractivity contribution is 0.102. The van der Waals surface area contributed by atoms with Gasteiger partial charge in [-0.3, -0.25) is 4.79 Å². The highest BCUT2D eigenvalue weighted by molar-refractivity contribution is 7.13. The van der Waals surface area contributed by atoms with Crippen LogP contribution in [0.4, 0.5) is 5.82 Å². The molecule has 1 aromatic carbocycles. The van der Waals surface area contributed by atoms with Crippen molar-refractivity contribution in [2.24, 2.45) is 0 Å². The summed E-state index contributed by atoms with van der Waals surface area (Å²) >= 11 is 7.48. The maximum absolute atomic E-state index is 12.3. The van der Waals surface area contributed by atoms with Gasteiger partial charge in [-0.2, -0.15) is 5.10 Å². The average molecular weight is 348 g/mol. The summed E-state index contributed by atoms with van der Waals surface area (Å²) in [5.41, 5.74) is 1.22. The summed E-state index contributed by atoms with van der Waals surface area (Å²) in [5, 5.41) is 18.9. The molecule has 0 aliphatic rings. The van der Waals surface area contributed by atoms with Crippen LogP contribution in [-0.4, -0.2) is 27.4 Å². The van der Waals surface area contributed by atoms with Crippen LogP contribution in [0.15, 0.2) is 47.8 Å². The van der Waals surface area contributed by atoms with Gasteiger partial charge in [0.15, 0.2) is 0 Å². The molecule has 0 radical (unpaired) electrons. The fourth-order valence-electron chi connectivity index (χ4n) is 2.15. The molecule has 0 bridgehead atoms. The number of aromatic nitrogens is 2. The number of carbonyl (C=O) groups is 1. The van der Waals surface area contributed by atoms with Gasteiger partial charge in [0.05, 0.1) is 18.0 Å². The Bertz CT molecular complexity index is 815. The molecule has 0 aliphatic carbocycles. The summed E-state index contributed by atoms with van der Waals surface area (Å²) in [6.45, 7) is 0.238. The van der Waals surface area contributed by atoms with E-state index < -0.39 is 0 Å². The van der Waals surface area contributed by atoms with Crippen LogP contribution in [0.3, 0.4) is 0 Å². The molecule has 0 spiro atoms. The van der Waals surface area contributed by atoms with Gasteiger partial charge in [-0.05, 0) is 29.6 Å². The Balaban J connectivity index is 1.88. The van der Waals surface area contributed by atoms with Crippen molar-refractivity contribution in [2.75, 3.05) is 11.9 Å². The Labute approximate surface area is 142 Å². The van der Waals surface area contributed by atoms with E-state index >= 15 is 0 Å². The van der Waals surface area contributed by atoms with E-state index in [2.05, 4.69) is 10.4 Å². The number of nitrogens with one attached hydrogen (secondary N) is 1. The lowest BCUT2D eigenvalue weighted by Gasteiger charge is -2.07. The van der Waals surface area contributed by atoms with Crippen LogP contribution >= 0.6 is 22.9 Å². The molecule has 2 heterocycles. The number of hydrogen-bond donors (Lipinski definition) is 2. The summed E-state index contributed by atoms with van der Waals surface area (Å²) in [6.07, 6.45) is 0. The number of thiophene rings is 1. The summed E-state index contributed by atoms with van der Waals surface area (Å²) < 4.78 is 1.58. The predicted octanol–water partition coefficient (Wildman–Crippen LogP) is 3.51. The number of hydrogen-bond acceptors (Lipinski definition) is 4. The maximum atomic E-state index is 12.3. The molecule has 5 nitrogen and oxygen atoms in total. The third-order valence-electron chi connectivity index (χ3n) is 3.19. The zero-order valence-electron chi connectivity index (χ0n) is 12.1. The molecule has 0 fully saturated rings. The van der Waals surface area contributed by atoms with Gasteiger partial charge in [-0.1, -0.05) is 23.7 Å². The Morgan fingerprint density at radius 2 is 2.17 bits per heavy atom. The van der Waals surface area contributed by atoms with Crippen LogP contribution in [0.5, 0.6) is 0 Å². The van der Waals surface area contributed by atoms with Crippen LogP contribution in [0, 0.1) is 0 Å². The molecule has 1 amide bonds. The molecule has 7 heteroatoms. The van der Waals surface area contributed by atoms with Crippen molar-refractivity contribution in [3.05, 3.63) is 58.4 Å². The van der Waals surface area contributed by atoms with Gasteiger partial charge in [0, 0.05) is 16.7 Å². The molecular weight excluding hydrogens is 334 g/mol. The van der Waals surface area contributed by atoms with Gasteiger partial charge >= 0.3 is 0 Å². The van der Waals surface area contributed by atoms with Crippen molar-refractivity contribution in [1.29, 1.82) is 0 Å². The quantitative estimate of drug-likeness (QED) is 0.742. The minimum absolute atomic E-state index is 0.0639. The smallest absolute Gasteiger partial charge is 0.256 e. The third-order valence-corrected chi connectivity index (χ3v) is 4.32. The molecule has 3 aromatic rings. The molecule has 0 saturated carbocycles. The number of benzene rings is 1. The monoisotopic (exact) mass is 347 g/mol. The van der Waals surface area contributed by atoms with E-state index in [4.69, 9.17) is 11.6 Å². The first kappa shape index (κ1) is 15.7. The van der Waals surface area contributed by atoms with E-state index in [9.17, 15) is 9.90 Å². The second-order valence-electron chi connectivity index (χ2n) is 4.80. The van der Waals surface area contributed by atoms with Gasteiger partial charge in [0.1, 0.15) is 11.5 Å². The highest BCUT2D eigenvalue weighted by atomic mass is 35.5. The van der Waals surface area contributed by atoms with Crippen molar-refractivity contribution in [3.63, 3.8) is 0 Å². The fourth-order valence-corrected chi connectivity index (χ4v) is 3.02. The van der Waals surface area contributed by atoms with Gasteiger partial charge in [-0.15, -0.1) is 11.3 Å². The zero-order valence-corrected chi connectivity index (χ0v) is 13.6. The first-order valence-electron chi connectivity index (χ1n) is 6.97. The number of halogens is 1. The number of anilines is 1. The summed E-state index contributed by atoms with van der Waals surface area (Å²) in [4.78, 5) is 13.3. The van der Waals surface area contributed by atoms with Crippen molar-refractivity contribution >= 4 is 34.7 Å². The molecule has 3 rings (SSSR count). The van der Waals surface area contributed by atoms with Gasteiger partial charge in [-0.25, -0.2) is 4.68 Å².